The molecule has 0 spiro atoms. The van der Waals surface area contributed by atoms with E-state index in [1.807, 2.05) is 65.1 Å². The van der Waals surface area contributed by atoms with Crippen LogP contribution in [-0.4, -0.2) is 55.4 Å². The van der Waals surface area contributed by atoms with Gasteiger partial charge in [-0.25, -0.2) is 4.79 Å². The van der Waals surface area contributed by atoms with Crippen LogP contribution in [0.1, 0.15) is 67.6 Å². The molecule has 200 valence electrons. The van der Waals surface area contributed by atoms with Gasteiger partial charge in [0.1, 0.15) is 5.76 Å². The quantitative estimate of drug-likeness (QED) is 0.356. The molecule has 38 heavy (non-hydrogen) atoms. The molecule has 1 aliphatic heterocycles. The molecule has 1 aromatic carbocycles. The van der Waals surface area contributed by atoms with Crippen molar-refractivity contribution < 1.29 is 14.0 Å². The molecule has 1 N–H and O–H groups in total. The second-order valence-corrected chi connectivity index (χ2v) is 9.90. The van der Waals surface area contributed by atoms with Crippen molar-refractivity contribution in [3.63, 3.8) is 0 Å². The molecule has 9 heteroatoms. The molecule has 0 aliphatic carbocycles. The van der Waals surface area contributed by atoms with Crippen molar-refractivity contribution in [1.82, 2.24) is 23.9 Å². The molecule has 4 heterocycles. The number of carbonyl (C=O) groups excluding carboxylic acids is 2. The lowest BCUT2D eigenvalue weighted by Gasteiger charge is -2.32. The smallest absolute Gasteiger partial charge is 0.326 e. The fraction of sp³-hybridized carbons (Fsp3) is 0.414. The third-order valence-corrected chi connectivity index (χ3v) is 7.36. The van der Waals surface area contributed by atoms with Crippen LogP contribution >= 0.6 is 0 Å². The van der Waals surface area contributed by atoms with Gasteiger partial charge >= 0.3 is 5.69 Å². The Morgan fingerprint density at radius 2 is 1.84 bits per heavy atom. The third kappa shape index (κ3) is 5.18. The Morgan fingerprint density at radius 3 is 2.61 bits per heavy atom. The Bertz CT molecular complexity index is 1470. The topological polar surface area (TPSA) is 96.5 Å². The average molecular weight is 518 g/mol. The van der Waals surface area contributed by atoms with Crippen LogP contribution in [0.5, 0.6) is 0 Å². The fourth-order valence-corrected chi connectivity index (χ4v) is 5.39. The first-order valence-corrected chi connectivity index (χ1v) is 13.5. The fourth-order valence-electron chi connectivity index (χ4n) is 5.39. The zero-order valence-corrected chi connectivity index (χ0v) is 22.1. The lowest BCUT2D eigenvalue weighted by Crippen LogP contribution is -2.40. The van der Waals surface area contributed by atoms with E-state index in [2.05, 4.69) is 16.5 Å². The Hall–Kier alpha value is -4.01. The van der Waals surface area contributed by atoms with Gasteiger partial charge < -0.3 is 23.8 Å². The summed E-state index contributed by atoms with van der Waals surface area (Å²) in [7, 11) is 0. The third-order valence-electron chi connectivity index (χ3n) is 7.36. The van der Waals surface area contributed by atoms with E-state index in [0.29, 0.717) is 57.0 Å². The first kappa shape index (κ1) is 25.6. The van der Waals surface area contributed by atoms with E-state index in [9.17, 15) is 14.4 Å². The summed E-state index contributed by atoms with van der Waals surface area (Å²) in [6, 6.07) is 15.3. The van der Waals surface area contributed by atoms with E-state index in [1.165, 1.54) is 0 Å². The van der Waals surface area contributed by atoms with Crippen LogP contribution in [0.4, 0.5) is 0 Å². The number of aromatic nitrogens is 3. The Labute approximate surface area is 221 Å². The molecule has 5 rings (SSSR count). The summed E-state index contributed by atoms with van der Waals surface area (Å²) in [4.78, 5) is 44.7. The van der Waals surface area contributed by atoms with Gasteiger partial charge in [-0.05, 0) is 55.7 Å². The number of piperidine rings is 1. The standard InChI is InChI=1S/C29H35N5O4/c1-3-15-33(27(35)4-2)19-22-8-7-16-32(22)20-23-11-12-26(38-23)28(36)31-17-13-21(14-18-31)34-25-10-6-5-9-24(25)30-29(34)37/h5-12,16,21H,3-4,13-15,17-20H2,1-2H3,(H,30,37). The van der Waals surface area contributed by atoms with Crippen LogP contribution in [0.15, 0.2) is 63.9 Å². The summed E-state index contributed by atoms with van der Waals surface area (Å²) in [5.41, 5.74) is 2.66. The summed E-state index contributed by atoms with van der Waals surface area (Å²) < 4.78 is 9.86. The van der Waals surface area contributed by atoms with Gasteiger partial charge in [-0.3, -0.25) is 14.2 Å². The predicted octanol–water partition coefficient (Wildman–Crippen LogP) is 4.40. The first-order valence-electron chi connectivity index (χ1n) is 13.5. The molecule has 2 amide bonds. The van der Waals surface area contributed by atoms with E-state index in [-0.39, 0.29) is 23.5 Å². The Morgan fingerprint density at radius 1 is 1.05 bits per heavy atom. The number of aromatic amines is 1. The van der Waals surface area contributed by atoms with Crippen LogP contribution in [0, 0.1) is 0 Å². The minimum atomic E-state index is -0.128. The minimum Gasteiger partial charge on any atom is -0.454 e. The van der Waals surface area contributed by atoms with Gasteiger partial charge in [0.15, 0.2) is 5.76 Å². The van der Waals surface area contributed by atoms with Crippen molar-refractivity contribution in [2.24, 2.45) is 0 Å². The summed E-state index contributed by atoms with van der Waals surface area (Å²) >= 11 is 0. The number of hydrogen-bond donors (Lipinski definition) is 1. The second-order valence-electron chi connectivity index (χ2n) is 9.90. The van der Waals surface area contributed by atoms with Crippen LogP contribution in [0.3, 0.4) is 0 Å². The number of amides is 2. The molecule has 0 atom stereocenters. The highest BCUT2D eigenvalue weighted by atomic mass is 16.4. The number of rotatable bonds is 9. The molecule has 0 unspecified atom stereocenters. The number of imidazole rings is 1. The molecule has 1 aliphatic rings. The van der Waals surface area contributed by atoms with Crippen molar-refractivity contribution in [3.05, 3.63) is 82.4 Å². The van der Waals surface area contributed by atoms with E-state index in [4.69, 9.17) is 4.42 Å². The van der Waals surface area contributed by atoms with Crippen molar-refractivity contribution in [3.8, 4) is 0 Å². The minimum absolute atomic E-state index is 0.0499. The number of fused-ring (bicyclic) bond motifs is 1. The van der Waals surface area contributed by atoms with E-state index in [0.717, 1.165) is 29.7 Å². The van der Waals surface area contributed by atoms with Crippen LogP contribution in [-0.2, 0) is 17.9 Å². The zero-order valence-electron chi connectivity index (χ0n) is 22.1. The highest BCUT2D eigenvalue weighted by molar-refractivity contribution is 5.91. The molecular formula is C29H35N5O4. The molecule has 0 radical (unpaired) electrons. The van der Waals surface area contributed by atoms with E-state index < -0.39 is 0 Å². The number of likely N-dealkylation sites (tertiary alicyclic amines) is 1. The monoisotopic (exact) mass is 517 g/mol. The maximum Gasteiger partial charge on any atom is 0.326 e. The maximum absolute atomic E-state index is 13.2. The van der Waals surface area contributed by atoms with Gasteiger partial charge in [0, 0.05) is 44.0 Å². The number of hydrogen-bond acceptors (Lipinski definition) is 4. The van der Waals surface area contributed by atoms with Gasteiger partial charge in [0.2, 0.25) is 5.91 Å². The molecule has 1 fully saturated rings. The van der Waals surface area contributed by atoms with Gasteiger partial charge in [0.25, 0.3) is 5.91 Å². The number of furan rings is 1. The van der Waals surface area contributed by atoms with Crippen molar-refractivity contribution >= 4 is 22.8 Å². The van der Waals surface area contributed by atoms with Gasteiger partial charge in [0.05, 0.1) is 24.1 Å². The van der Waals surface area contributed by atoms with Crippen LogP contribution in [0.25, 0.3) is 11.0 Å². The number of nitrogens with zero attached hydrogens (tertiary/aromatic N) is 4. The molecule has 9 nitrogen and oxygen atoms in total. The Kier molecular flexibility index (Phi) is 7.53. The van der Waals surface area contributed by atoms with Crippen LogP contribution < -0.4 is 5.69 Å². The molecular weight excluding hydrogens is 482 g/mol. The van der Waals surface area contributed by atoms with Crippen LogP contribution in [0.2, 0.25) is 0 Å². The number of nitrogens with one attached hydrogen (secondary N) is 1. The Balaban J connectivity index is 1.21. The molecule has 4 aromatic rings. The molecule has 3 aromatic heterocycles. The average Bonchev–Trinajstić information content (AvgIpc) is 3.66. The molecule has 0 bridgehead atoms. The number of benzene rings is 1. The normalized spacial score (nSPS) is 14.3. The first-order chi connectivity index (χ1) is 18.5. The van der Waals surface area contributed by atoms with Gasteiger partial charge in [-0.15, -0.1) is 0 Å². The number of para-hydroxylation sites is 2. The summed E-state index contributed by atoms with van der Waals surface area (Å²) in [5, 5.41) is 0. The molecule has 0 saturated carbocycles. The second kappa shape index (κ2) is 11.2. The van der Waals surface area contributed by atoms with Crippen molar-refractivity contribution in [2.75, 3.05) is 19.6 Å². The largest absolute Gasteiger partial charge is 0.454 e. The van der Waals surface area contributed by atoms with E-state index >= 15 is 0 Å². The molecule has 1 saturated heterocycles. The van der Waals surface area contributed by atoms with E-state index in [1.54, 1.807) is 11.0 Å². The summed E-state index contributed by atoms with van der Waals surface area (Å²) in [6.07, 6.45) is 4.78. The lowest BCUT2D eigenvalue weighted by molar-refractivity contribution is -0.131. The van der Waals surface area contributed by atoms with Gasteiger partial charge in [-0.1, -0.05) is 26.0 Å². The van der Waals surface area contributed by atoms with Crippen molar-refractivity contribution in [1.29, 1.82) is 0 Å². The number of H-pyrrole nitrogens is 1. The highest BCUT2D eigenvalue weighted by Gasteiger charge is 2.28. The number of carbonyl (C=O) groups is 2. The zero-order chi connectivity index (χ0) is 26.6. The lowest BCUT2D eigenvalue weighted by atomic mass is 10.0. The van der Waals surface area contributed by atoms with Crippen molar-refractivity contribution in [2.45, 2.75) is 58.7 Å². The predicted molar refractivity (Wildman–Crippen MR) is 145 cm³/mol. The van der Waals surface area contributed by atoms with Gasteiger partial charge in [-0.2, -0.15) is 0 Å². The summed E-state index contributed by atoms with van der Waals surface area (Å²) in [5.74, 6) is 1.03. The maximum atomic E-state index is 13.2. The highest BCUT2D eigenvalue weighted by Crippen LogP contribution is 2.26. The SMILES string of the molecule is CCCN(Cc1cccn1Cc1ccc(C(=O)N2CCC(n3c(=O)[nH]c4ccccc43)CC2)o1)C(=O)CC. The summed E-state index contributed by atoms with van der Waals surface area (Å²) in [6.45, 7) is 6.84.